The fraction of sp³-hybridized carbons (Fsp3) is 0.200. The lowest BCUT2D eigenvalue weighted by Crippen LogP contribution is -2.17. The summed E-state index contributed by atoms with van der Waals surface area (Å²) >= 11 is 0. The second-order valence-corrected chi connectivity index (χ2v) is 5.82. The first-order chi connectivity index (χ1) is 12.0. The molecule has 3 rings (SSSR count). The molecule has 0 radical (unpaired) electrons. The van der Waals surface area contributed by atoms with Crippen LogP contribution in [-0.2, 0) is 9.53 Å². The van der Waals surface area contributed by atoms with Gasteiger partial charge in [0.1, 0.15) is 5.58 Å². The maximum atomic E-state index is 12.9. The SMILES string of the molecule is COC(=O)COc1c(-c2ccc(C)cc2)oc2cc(C)ccc2c1=O. The van der Waals surface area contributed by atoms with E-state index in [1.807, 2.05) is 44.2 Å². The lowest BCUT2D eigenvalue weighted by Gasteiger charge is -2.11. The summed E-state index contributed by atoms with van der Waals surface area (Å²) in [5.74, 6) is -0.268. The third-order valence-electron chi connectivity index (χ3n) is 3.88. The number of hydrogen-bond donors (Lipinski definition) is 0. The van der Waals surface area contributed by atoms with E-state index in [0.29, 0.717) is 22.3 Å². The Morgan fingerprint density at radius 3 is 2.40 bits per heavy atom. The van der Waals surface area contributed by atoms with Gasteiger partial charge in [-0.05, 0) is 31.5 Å². The predicted octanol–water partition coefficient (Wildman–Crippen LogP) is 3.63. The summed E-state index contributed by atoms with van der Waals surface area (Å²) in [6.45, 7) is 3.53. The highest BCUT2D eigenvalue weighted by Crippen LogP contribution is 2.31. The van der Waals surface area contributed by atoms with Crippen LogP contribution in [0.2, 0.25) is 0 Å². The molecule has 128 valence electrons. The van der Waals surface area contributed by atoms with Crippen LogP contribution in [0.1, 0.15) is 11.1 Å². The number of ether oxygens (including phenoxy) is 2. The average molecular weight is 338 g/mol. The van der Waals surface area contributed by atoms with Crippen molar-refractivity contribution in [2.75, 3.05) is 13.7 Å². The van der Waals surface area contributed by atoms with Crippen molar-refractivity contribution in [3.05, 3.63) is 63.8 Å². The number of carbonyl (C=O) groups excluding carboxylic acids is 1. The highest BCUT2D eigenvalue weighted by atomic mass is 16.6. The highest BCUT2D eigenvalue weighted by molar-refractivity contribution is 5.83. The van der Waals surface area contributed by atoms with E-state index in [0.717, 1.165) is 11.1 Å². The van der Waals surface area contributed by atoms with Crippen molar-refractivity contribution in [3.63, 3.8) is 0 Å². The molecule has 1 aromatic heterocycles. The number of rotatable bonds is 4. The van der Waals surface area contributed by atoms with Crippen LogP contribution in [0.15, 0.2) is 51.7 Å². The summed E-state index contributed by atoms with van der Waals surface area (Å²) in [5, 5.41) is 0.404. The third kappa shape index (κ3) is 3.40. The van der Waals surface area contributed by atoms with Crippen LogP contribution in [0.5, 0.6) is 5.75 Å². The molecular weight excluding hydrogens is 320 g/mol. The Hall–Kier alpha value is -3.08. The summed E-state index contributed by atoms with van der Waals surface area (Å²) in [4.78, 5) is 24.3. The molecule has 0 amide bonds. The zero-order valence-corrected chi connectivity index (χ0v) is 14.3. The molecule has 0 N–H and O–H groups in total. The maximum Gasteiger partial charge on any atom is 0.343 e. The van der Waals surface area contributed by atoms with E-state index in [1.54, 1.807) is 12.1 Å². The zero-order valence-electron chi connectivity index (χ0n) is 14.3. The monoisotopic (exact) mass is 338 g/mol. The van der Waals surface area contributed by atoms with Crippen LogP contribution < -0.4 is 10.2 Å². The Morgan fingerprint density at radius 1 is 1.04 bits per heavy atom. The van der Waals surface area contributed by atoms with Crippen molar-refractivity contribution in [1.29, 1.82) is 0 Å². The summed E-state index contributed by atoms with van der Waals surface area (Å²) < 4.78 is 16.0. The molecule has 25 heavy (non-hydrogen) atoms. The van der Waals surface area contributed by atoms with Gasteiger partial charge in [0.2, 0.25) is 11.2 Å². The molecule has 5 heteroatoms. The molecule has 1 heterocycles. The van der Waals surface area contributed by atoms with Gasteiger partial charge in [-0.2, -0.15) is 0 Å². The van der Waals surface area contributed by atoms with Gasteiger partial charge in [-0.3, -0.25) is 4.79 Å². The van der Waals surface area contributed by atoms with Gasteiger partial charge in [0.25, 0.3) is 0 Å². The highest BCUT2D eigenvalue weighted by Gasteiger charge is 2.19. The van der Waals surface area contributed by atoms with Crippen LogP contribution in [0.3, 0.4) is 0 Å². The van der Waals surface area contributed by atoms with Crippen LogP contribution >= 0.6 is 0 Å². The Labute approximate surface area is 144 Å². The molecule has 0 bridgehead atoms. The van der Waals surface area contributed by atoms with E-state index in [4.69, 9.17) is 9.15 Å². The van der Waals surface area contributed by atoms with Crippen LogP contribution in [-0.4, -0.2) is 19.7 Å². The number of benzene rings is 2. The Balaban J connectivity index is 2.21. The van der Waals surface area contributed by atoms with Gasteiger partial charge in [-0.25, -0.2) is 4.79 Å². The fourth-order valence-corrected chi connectivity index (χ4v) is 2.50. The molecule has 0 spiro atoms. The molecule has 0 aliphatic rings. The van der Waals surface area contributed by atoms with Gasteiger partial charge in [-0.1, -0.05) is 35.9 Å². The van der Waals surface area contributed by atoms with E-state index < -0.39 is 5.97 Å². The molecule has 0 saturated carbocycles. The minimum Gasteiger partial charge on any atom is -0.474 e. The lowest BCUT2D eigenvalue weighted by atomic mass is 10.1. The minimum atomic E-state index is -0.571. The fourth-order valence-electron chi connectivity index (χ4n) is 2.50. The number of aryl methyl sites for hydroxylation is 2. The summed E-state index contributed by atoms with van der Waals surface area (Å²) in [6, 6.07) is 12.9. The molecule has 3 aromatic rings. The van der Waals surface area contributed by atoms with E-state index >= 15 is 0 Å². The van der Waals surface area contributed by atoms with Crippen molar-refractivity contribution in [3.8, 4) is 17.1 Å². The first-order valence-electron chi connectivity index (χ1n) is 7.83. The van der Waals surface area contributed by atoms with Gasteiger partial charge < -0.3 is 13.9 Å². The first kappa shape index (κ1) is 16.8. The average Bonchev–Trinajstić information content (AvgIpc) is 2.61. The molecule has 5 nitrogen and oxygen atoms in total. The summed E-state index contributed by atoms with van der Waals surface area (Å²) in [7, 11) is 1.26. The molecule has 0 aliphatic heterocycles. The first-order valence-corrected chi connectivity index (χ1v) is 7.83. The minimum absolute atomic E-state index is 0.00519. The van der Waals surface area contributed by atoms with E-state index in [2.05, 4.69) is 4.74 Å². The van der Waals surface area contributed by atoms with E-state index in [1.165, 1.54) is 7.11 Å². The number of carbonyl (C=O) groups is 1. The largest absolute Gasteiger partial charge is 0.474 e. The smallest absolute Gasteiger partial charge is 0.343 e. The number of methoxy groups -OCH3 is 1. The van der Waals surface area contributed by atoms with Gasteiger partial charge in [0.15, 0.2) is 12.4 Å². The Morgan fingerprint density at radius 2 is 1.72 bits per heavy atom. The lowest BCUT2D eigenvalue weighted by molar-refractivity contribution is -0.142. The van der Waals surface area contributed by atoms with E-state index in [-0.39, 0.29) is 17.8 Å². The molecule has 0 fully saturated rings. The van der Waals surface area contributed by atoms with Crippen LogP contribution in [0.4, 0.5) is 0 Å². The van der Waals surface area contributed by atoms with Gasteiger partial charge in [0, 0.05) is 5.56 Å². The Kier molecular flexibility index (Phi) is 4.57. The molecular formula is C20H18O5. The second-order valence-electron chi connectivity index (χ2n) is 5.82. The second kappa shape index (κ2) is 6.81. The van der Waals surface area contributed by atoms with E-state index in [9.17, 15) is 9.59 Å². The number of hydrogen-bond acceptors (Lipinski definition) is 5. The van der Waals surface area contributed by atoms with Crippen molar-refractivity contribution in [1.82, 2.24) is 0 Å². The predicted molar refractivity (Wildman–Crippen MR) is 94.9 cm³/mol. The van der Waals surface area contributed by atoms with Crippen molar-refractivity contribution >= 4 is 16.9 Å². The maximum absolute atomic E-state index is 12.9. The quantitative estimate of drug-likeness (QED) is 0.680. The topological polar surface area (TPSA) is 65.7 Å². The molecule has 0 atom stereocenters. The van der Waals surface area contributed by atoms with Gasteiger partial charge >= 0.3 is 5.97 Å². The third-order valence-corrected chi connectivity index (χ3v) is 3.88. The molecule has 0 unspecified atom stereocenters. The van der Waals surface area contributed by atoms with Gasteiger partial charge in [0.05, 0.1) is 12.5 Å². The van der Waals surface area contributed by atoms with Gasteiger partial charge in [-0.15, -0.1) is 0 Å². The molecule has 0 aliphatic carbocycles. The van der Waals surface area contributed by atoms with Crippen molar-refractivity contribution in [2.45, 2.75) is 13.8 Å². The van der Waals surface area contributed by atoms with Crippen LogP contribution in [0, 0.1) is 13.8 Å². The number of esters is 1. The Bertz CT molecular complexity index is 983. The molecule has 0 saturated heterocycles. The van der Waals surface area contributed by atoms with Crippen molar-refractivity contribution in [2.24, 2.45) is 0 Å². The summed E-state index contributed by atoms with van der Waals surface area (Å²) in [5.41, 5.74) is 2.92. The van der Waals surface area contributed by atoms with Crippen LogP contribution in [0.25, 0.3) is 22.3 Å². The zero-order chi connectivity index (χ0) is 18.0. The normalized spacial score (nSPS) is 10.7. The number of fused-ring (bicyclic) bond motifs is 1. The standard InChI is InChI=1S/C20H18O5/c1-12-4-7-14(8-5-12)19-20(24-11-17(21)23-3)18(22)15-9-6-13(2)10-16(15)25-19/h4-10H,11H2,1-3H3. The summed E-state index contributed by atoms with van der Waals surface area (Å²) in [6.07, 6.45) is 0. The molecule has 2 aromatic carbocycles. The van der Waals surface area contributed by atoms with Crippen molar-refractivity contribution < 1.29 is 18.7 Å².